The van der Waals surface area contributed by atoms with Crippen molar-refractivity contribution in [3.05, 3.63) is 11.1 Å². The Kier molecular flexibility index (Phi) is 3.21. The van der Waals surface area contributed by atoms with Crippen molar-refractivity contribution in [1.82, 2.24) is 0 Å². The Morgan fingerprint density at radius 1 is 1.31 bits per heavy atom. The summed E-state index contributed by atoms with van der Waals surface area (Å²) in [7, 11) is 0. The minimum Gasteiger partial charge on any atom is -0.0736 e. The van der Waals surface area contributed by atoms with Gasteiger partial charge in [0.05, 0.1) is 0 Å². The van der Waals surface area contributed by atoms with Gasteiger partial charge in [0.2, 0.25) is 0 Å². The summed E-state index contributed by atoms with van der Waals surface area (Å²) in [5, 5.41) is 0. The Labute approximate surface area is 83.4 Å². The predicted molar refractivity (Wildman–Crippen MR) is 59.8 cm³/mol. The van der Waals surface area contributed by atoms with Crippen molar-refractivity contribution in [1.29, 1.82) is 0 Å². The molecule has 0 saturated heterocycles. The van der Waals surface area contributed by atoms with Gasteiger partial charge in [-0.15, -0.1) is 0 Å². The van der Waals surface area contributed by atoms with Crippen LogP contribution in [0.4, 0.5) is 0 Å². The van der Waals surface area contributed by atoms with E-state index in [4.69, 9.17) is 0 Å². The van der Waals surface area contributed by atoms with Crippen LogP contribution in [0, 0.1) is 11.3 Å². The van der Waals surface area contributed by atoms with Crippen LogP contribution in [0.25, 0.3) is 0 Å². The smallest absolute Gasteiger partial charge is 0.0111 e. The zero-order chi connectivity index (χ0) is 10.1. The van der Waals surface area contributed by atoms with Crippen LogP contribution in [0.3, 0.4) is 0 Å². The second-order valence-electron chi connectivity index (χ2n) is 5.12. The monoisotopic (exact) mass is 180 g/mol. The fourth-order valence-electron chi connectivity index (χ4n) is 2.87. The van der Waals surface area contributed by atoms with Crippen LogP contribution in [0.1, 0.15) is 60.3 Å². The van der Waals surface area contributed by atoms with Crippen molar-refractivity contribution >= 4 is 0 Å². The maximum atomic E-state index is 2.45. The third-order valence-electron chi connectivity index (χ3n) is 3.67. The zero-order valence-corrected chi connectivity index (χ0v) is 9.91. The molecule has 1 aliphatic rings. The number of hydrogen-bond acceptors (Lipinski definition) is 0. The molecule has 1 aliphatic carbocycles. The van der Waals surface area contributed by atoms with Gasteiger partial charge in [-0.2, -0.15) is 0 Å². The van der Waals surface area contributed by atoms with Crippen LogP contribution in [-0.4, -0.2) is 0 Å². The Balaban J connectivity index is 2.92. The first kappa shape index (κ1) is 10.8. The molecule has 0 atom stereocenters. The van der Waals surface area contributed by atoms with E-state index in [1.807, 2.05) is 0 Å². The first-order valence-corrected chi connectivity index (χ1v) is 5.71. The van der Waals surface area contributed by atoms with Crippen LogP contribution in [-0.2, 0) is 0 Å². The van der Waals surface area contributed by atoms with E-state index in [1.165, 1.54) is 25.7 Å². The maximum Gasteiger partial charge on any atom is -0.0111 e. The van der Waals surface area contributed by atoms with Gasteiger partial charge in [-0.05, 0) is 37.5 Å². The lowest BCUT2D eigenvalue weighted by Crippen LogP contribution is -2.31. The molecule has 0 aliphatic heterocycles. The molecule has 0 radical (unpaired) electrons. The van der Waals surface area contributed by atoms with Crippen molar-refractivity contribution in [3.63, 3.8) is 0 Å². The summed E-state index contributed by atoms with van der Waals surface area (Å²) in [6.45, 7) is 11.7. The summed E-state index contributed by atoms with van der Waals surface area (Å²) in [6.07, 6.45) is 5.49. The fourth-order valence-corrected chi connectivity index (χ4v) is 2.87. The Morgan fingerprint density at radius 2 is 1.85 bits per heavy atom. The first-order valence-electron chi connectivity index (χ1n) is 5.71. The second kappa shape index (κ2) is 3.86. The molecule has 0 amide bonds. The maximum absolute atomic E-state index is 2.45. The normalized spacial score (nSPS) is 22.6. The Hall–Kier alpha value is -0.260. The average Bonchev–Trinajstić information content (AvgIpc) is 2.00. The molecule has 0 nitrogen and oxygen atoms in total. The van der Waals surface area contributed by atoms with E-state index in [-0.39, 0.29) is 0 Å². The molecular weight excluding hydrogens is 156 g/mol. The highest BCUT2D eigenvalue weighted by molar-refractivity contribution is 5.24. The molecule has 0 N–H and O–H groups in total. The van der Waals surface area contributed by atoms with Crippen LogP contribution < -0.4 is 0 Å². The van der Waals surface area contributed by atoms with Gasteiger partial charge >= 0.3 is 0 Å². The highest BCUT2D eigenvalue weighted by Crippen LogP contribution is 2.50. The van der Waals surface area contributed by atoms with E-state index in [1.54, 1.807) is 11.1 Å². The third-order valence-corrected chi connectivity index (χ3v) is 3.67. The van der Waals surface area contributed by atoms with Crippen molar-refractivity contribution in [3.8, 4) is 0 Å². The average molecular weight is 180 g/mol. The van der Waals surface area contributed by atoms with Crippen LogP contribution in [0.15, 0.2) is 11.1 Å². The lowest BCUT2D eigenvalue weighted by atomic mass is 9.61. The van der Waals surface area contributed by atoms with Gasteiger partial charge < -0.3 is 0 Å². The second-order valence-corrected chi connectivity index (χ2v) is 5.12. The highest BCUT2D eigenvalue weighted by Gasteiger charge is 2.37. The molecule has 76 valence electrons. The summed E-state index contributed by atoms with van der Waals surface area (Å²) in [5.74, 6) is 0.741. The summed E-state index contributed by atoms with van der Waals surface area (Å²) in [5.41, 5.74) is 3.95. The van der Waals surface area contributed by atoms with Crippen molar-refractivity contribution in [2.45, 2.75) is 60.3 Å². The van der Waals surface area contributed by atoms with Gasteiger partial charge in [-0.3, -0.25) is 0 Å². The van der Waals surface area contributed by atoms with E-state index >= 15 is 0 Å². The third kappa shape index (κ3) is 1.98. The fraction of sp³-hybridized carbons (Fsp3) is 0.846. The molecule has 0 bridgehead atoms. The number of allylic oxidation sites excluding steroid dienone is 2. The number of rotatable bonds is 3. The number of hydrogen-bond donors (Lipinski definition) is 0. The molecule has 1 rings (SSSR count). The topological polar surface area (TPSA) is 0 Å². The summed E-state index contributed by atoms with van der Waals surface area (Å²) >= 11 is 0. The molecule has 0 aromatic heterocycles. The lowest BCUT2D eigenvalue weighted by Gasteiger charge is -2.44. The molecule has 0 aromatic rings. The molecule has 13 heavy (non-hydrogen) atoms. The van der Waals surface area contributed by atoms with Crippen LogP contribution in [0.5, 0.6) is 0 Å². The van der Waals surface area contributed by atoms with E-state index in [9.17, 15) is 0 Å². The SMILES string of the molecule is CCC(C)=C(C(C)C)C1(C)CCC1. The summed E-state index contributed by atoms with van der Waals surface area (Å²) < 4.78 is 0. The van der Waals surface area contributed by atoms with Crippen molar-refractivity contribution in [2.75, 3.05) is 0 Å². The molecule has 0 spiro atoms. The molecule has 1 saturated carbocycles. The first-order chi connectivity index (χ1) is 6.01. The highest BCUT2D eigenvalue weighted by atomic mass is 14.4. The molecule has 0 heterocycles. The van der Waals surface area contributed by atoms with E-state index < -0.39 is 0 Å². The zero-order valence-electron chi connectivity index (χ0n) is 9.91. The molecular formula is C13H24. The largest absolute Gasteiger partial charge is 0.0736 e. The Morgan fingerprint density at radius 3 is 2.08 bits per heavy atom. The van der Waals surface area contributed by atoms with E-state index in [0.717, 1.165) is 5.92 Å². The van der Waals surface area contributed by atoms with Crippen molar-refractivity contribution in [2.24, 2.45) is 11.3 Å². The quantitative estimate of drug-likeness (QED) is 0.558. The van der Waals surface area contributed by atoms with Crippen LogP contribution >= 0.6 is 0 Å². The predicted octanol–water partition coefficient (Wildman–Crippen LogP) is 4.56. The molecule has 0 unspecified atom stereocenters. The molecule has 0 heteroatoms. The summed E-state index contributed by atoms with van der Waals surface area (Å²) in [6, 6.07) is 0. The summed E-state index contributed by atoms with van der Waals surface area (Å²) in [4.78, 5) is 0. The standard InChI is InChI=1S/C13H24/c1-6-11(4)12(10(2)3)13(5)8-7-9-13/h10H,6-9H2,1-5H3. The minimum atomic E-state index is 0.564. The van der Waals surface area contributed by atoms with Crippen LogP contribution in [0.2, 0.25) is 0 Å². The van der Waals surface area contributed by atoms with Gasteiger partial charge in [0.1, 0.15) is 0 Å². The van der Waals surface area contributed by atoms with Gasteiger partial charge in [0.15, 0.2) is 0 Å². The van der Waals surface area contributed by atoms with E-state index in [2.05, 4.69) is 34.6 Å². The molecule has 1 fully saturated rings. The van der Waals surface area contributed by atoms with Gasteiger partial charge in [-0.1, -0.05) is 45.3 Å². The van der Waals surface area contributed by atoms with Gasteiger partial charge in [0.25, 0.3) is 0 Å². The van der Waals surface area contributed by atoms with Crippen molar-refractivity contribution < 1.29 is 0 Å². The lowest BCUT2D eigenvalue weighted by molar-refractivity contribution is 0.195. The Bertz CT molecular complexity index is 204. The van der Waals surface area contributed by atoms with Gasteiger partial charge in [-0.25, -0.2) is 0 Å². The molecule has 0 aromatic carbocycles. The minimum absolute atomic E-state index is 0.564. The van der Waals surface area contributed by atoms with Gasteiger partial charge in [0, 0.05) is 0 Å². The van der Waals surface area contributed by atoms with E-state index in [0.29, 0.717) is 5.41 Å².